The molecule has 1 aromatic carbocycles. The molecule has 2 rings (SSSR count). The number of carbonyl (C=O) groups excluding carboxylic acids is 1. The van der Waals surface area contributed by atoms with Gasteiger partial charge in [-0.15, -0.1) is 11.8 Å². The van der Waals surface area contributed by atoms with Crippen molar-refractivity contribution in [3.8, 4) is 0 Å². The Kier molecular flexibility index (Phi) is 4.97. The summed E-state index contributed by atoms with van der Waals surface area (Å²) in [4.78, 5) is 11.6. The van der Waals surface area contributed by atoms with Gasteiger partial charge in [-0.25, -0.2) is 4.39 Å². The average Bonchev–Trinajstić information content (AvgIpc) is 2.92. The van der Waals surface area contributed by atoms with Gasteiger partial charge in [0, 0.05) is 11.9 Å². The van der Waals surface area contributed by atoms with E-state index in [0.717, 1.165) is 11.3 Å². The molecule has 6 heteroatoms. The molecule has 19 heavy (non-hydrogen) atoms. The van der Waals surface area contributed by atoms with Crippen molar-refractivity contribution in [2.75, 3.05) is 5.75 Å². The van der Waals surface area contributed by atoms with E-state index in [1.165, 1.54) is 23.9 Å². The zero-order valence-corrected chi connectivity index (χ0v) is 11.0. The molecule has 0 saturated carbocycles. The quantitative estimate of drug-likeness (QED) is 0.851. The number of rotatable bonds is 6. The second-order valence-electron chi connectivity index (χ2n) is 3.98. The van der Waals surface area contributed by atoms with Crippen molar-refractivity contribution in [3.63, 3.8) is 0 Å². The molecule has 1 heterocycles. The van der Waals surface area contributed by atoms with Gasteiger partial charge in [-0.1, -0.05) is 12.1 Å². The van der Waals surface area contributed by atoms with Gasteiger partial charge in [0.25, 0.3) is 0 Å². The summed E-state index contributed by atoms with van der Waals surface area (Å²) in [5.74, 6) is 0.802. The van der Waals surface area contributed by atoms with Crippen LogP contribution in [-0.4, -0.2) is 21.9 Å². The zero-order valence-electron chi connectivity index (χ0n) is 10.2. The van der Waals surface area contributed by atoms with Gasteiger partial charge in [-0.2, -0.15) is 5.10 Å². The van der Waals surface area contributed by atoms with Crippen LogP contribution in [0.5, 0.6) is 0 Å². The molecule has 2 N–H and O–H groups in total. The van der Waals surface area contributed by atoms with Crippen molar-refractivity contribution in [2.45, 2.75) is 12.3 Å². The third-order valence-corrected chi connectivity index (χ3v) is 3.45. The third-order valence-electron chi connectivity index (χ3n) is 2.45. The summed E-state index contributed by atoms with van der Waals surface area (Å²) in [5, 5.41) is 9.36. The molecule has 0 atom stereocenters. The maximum atomic E-state index is 12.7. The average molecular weight is 279 g/mol. The van der Waals surface area contributed by atoms with E-state index in [1.807, 2.05) is 6.07 Å². The van der Waals surface area contributed by atoms with Crippen LogP contribution >= 0.6 is 11.8 Å². The van der Waals surface area contributed by atoms with Crippen LogP contribution in [0.1, 0.15) is 11.3 Å². The Labute approximate surface area is 114 Å². The van der Waals surface area contributed by atoms with E-state index < -0.39 is 0 Å². The topological polar surface area (TPSA) is 57.8 Å². The fraction of sp³-hybridized carbons (Fsp3) is 0.231. The highest BCUT2D eigenvalue weighted by molar-refractivity contribution is 7.99. The summed E-state index contributed by atoms with van der Waals surface area (Å²) in [6.45, 7) is 0.454. The Morgan fingerprint density at radius 1 is 1.32 bits per heavy atom. The first-order valence-corrected chi connectivity index (χ1v) is 6.96. The molecule has 0 radical (unpaired) electrons. The smallest absolute Gasteiger partial charge is 0.230 e. The second kappa shape index (κ2) is 6.94. The predicted octanol–water partition coefficient (Wildman–Crippen LogP) is 2.10. The number of halogens is 1. The first kappa shape index (κ1) is 13.6. The van der Waals surface area contributed by atoms with E-state index in [9.17, 15) is 9.18 Å². The van der Waals surface area contributed by atoms with E-state index in [0.29, 0.717) is 18.1 Å². The molecular weight excluding hydrogens is 265 g/mol. The number of amides is 1. The first-order chi connectivity index (χ1) is 9.24. The summed E-state index contributed by atoms with van der Waals surface area (Å²) in [7, 11) is 0. The Bertz CT molecular complexity index is 513. The SMILES string of the molecule is O=C(CSCc1ccc(F)cc1)NCc1ccn[nH]1. The van der Waals surface area contributed by atoms with Crippen LogP contribution in [0, 0.1) is 5.82 Å². The number of aromatic nitrogens is 2. The number of thioether (sulfide) groups is 1. The minimum atomic E-state index is -0.244. The summed E-state index contributed by atoms with van der Waals surface area (Å²) in [6.07, 6.45) is 1.64. The van der Waals surface area contributed by atoms with Gasteiger partial charge in [0.2, 0.25) is 5.91 Å². The zero-order chi connectivity index (χ0) is 13.5. The van der Waals surface area contributed by atoms with Crippen LogP contribution in [0.15, 0.2) is 36.5 Å². The van der Waals surface area contributed by atoms with Gasteiger partial charge in [-0.3, -0.25) is 9.89 Å². The highest BCUT2D eigenvalue weighted by Crippen LogP contribution is 2.12. The lowest BCUT2D eigenvalue weighted by Crippen LogP contribution is -2.24. The number of H-pyrrole nitrogens is 1. The standard InChI is InChI=1S/C13H14FN3OS/c14-11-3-1-10(2-4-11)8-19-9-13(18)15-7-12-5-6-16-17-12/h1-6H,7-9H2,(H,15,18)(H,16,17). The predicted molar refractivity (Wildman–Crippen MR) is 73.0 cm³/mol. The second-order valence-corrected chi connectivity index (χ2v) is 4.96. The molecule has 0 aliphatic rings. The fourth-order valence-electron chi connectivity index (χ4n) is 1.47. The molecule has 0 spiro atoms. The van der Waals surface area contributed by atoms with Crippen LogP contribution in [0.25, 0.3) is 0 Å². The van der Waals surface area contributed by atoms with Gasteiger partial charge in [0.15, 0.2) is 0 Å². The minimum Gasteiger partial charge on any atom is -0.350 e. The van der Waals surface area contributed by atoms with Crippen molar-refractivity contribution in [2.24, 2.45) is 0 Å². The van der Waals surface area contributed by atoms with Gasteiger partial charge >= 0.3 is 0 Å². The summed E-state index contributed by atoms with van der Waals surface area (Å²) < 4.78 is 12.7. The lowest BCUT2D eigenvalue weighted by atomic mass is 10.2. The lowest BCUT2D eigenvalue weighted by molar-refractivity contribution is -0.118. The van der Waals surface area contributed by atoms with Gasteiger partial charge < -0.3 is 5.32 Å². The molecule has 0 bridgehead atoms. The molecule has 0 fully saturated rings. The number of hydrogen-bond acceptors (Lipinski definition) is 3. The van der Waals surface area contributed by atoms with E-state index in [-0.39, 0.29) is 11.7 Å². The largest absolute Gasteiger partial charge is 0.350 e. The number of carbonyl (C=O) groups is 1. The Balaban J connectivity index is 1.65. The van der Waals surface area contributed by atoms with Crippen molar-refractivity contribution in [1.82, 2.24) is 15.5 Å². The molecule has 100 valence electrons. The Morgan fingerprint density at radius 2 is 2.11 bits per heavy atom. The molecule has 0 saturated heterocycles. The van der Waals surface area contributed by atoms with Crippen LogP contribution < -0.4 is 5.32 Å². The molecule has 2 aromatic rings. The van der Waals surface area contributed by atoms with Crippen LogP contribution in [0.3, 0.4) is 0 Å². The van der Waals surface area contributed by atoms with Crippen LogP contribution in [-0.2, 0) is 17.1 Å². The highest BCUT2D eigenvalue weighted by atomic mass is 32.2. The van der Waals surface area contributed by atoms with Crippen molar-refractivity contribution in [3.05, 3.63) is 53.6 Å². The molecule has 1 aromatic heterocycles. The van der Waals surface area contributed by atoms with E-state index in [2.05, 4.69) is 15.5 Å². The Hall–Kier alpha value is -1.82. The van der Waals surface area contributed by atoms with Crippen LogP contribution in [0.2, 0.25) is 0 Å². The van der Waals surface area contributed by atoms with E-state index >= 15 is 0 Å². The molecule has 0 aliphatic carbocycles. The van der Waals surface area contributed by atoms with Gasteiger partial charge in [0.1, 0.15) is 5.82 Å². The van der Waals surface area contributed by atoms with Crippen LogP contribution in [0.4, 0.5) is 4.39 Å². The number of hydrogen-bond donors (Lipinski definition) is 2. The maximum absolute atomic E-state index is 12.7. The molecule has 1 amide bonds. The lowest BCUT2D eigenvalue weighted by Gasteiger charge is -2.04. The Morgan fingerprint density at radius 3 is 2.79 bits per heavy atom. The fourth-order valence-corrected chi connectivity index (χ4v) is 2.29. The number of nitrogens with zero attached hydrogens (tertiary/aromatic N) is 1. The number of benzene rings is 1. The molecule has 0 aliphatic heterocycles. The minimum absolute atomic E-state index is 0.0262. The van der Waals surface area contributed by atoms with Gasteiger partial charge in [0.05, 0.1) is 18.0 Å². The van der Waals surface area contributed by atoms with Gasteiger partial charge in [-0.05, 0) is 23.8 Å². The number of aromatic amines is 1. The normalized spacial score (nSPS) is 10.4. The maximum Gasteiger partial charge on any atom is 0.230 e. The third kappa shape index (κ3) is 4.75. The van der Waals surface area contributed by atoms with E-state index in [4.69, 9.17) is 0 Å². The number of nitrogens with one attached hydrogen (secondary N) is 2. The van der Waals surface area contributed by atoms with Crippen molar-refractivity contribution < 1.29 is 9.18 Å². The summed E-state index contributed by atoms with van der Waals surface area (Å²) in [5.41, 5.74) is 1.88. The van der Waals surface area contributed by atoms with Crippen molar-refractivity contribution >= 4 is 17.7 Å². The summed E-state index contributed by atoms with van der Waals surface area (Å²) in [6, 6.07) is 8.12. The van der Waals surface area contributed by atoms with Crippen molar-refractivity contribution in [1.29, 1.82) is 0 Å². The molecule has 0 unspecified atom stereocenters. The summed E-state index contributed by atoms with van der Waals surface area (Å²) >= 11 is 1.50. The monoisotopic (exact) mass is 279 g/mol. The first-order valence-electron chi connectivity index (χ1n) is 5.81. The van der Waals surface area contributed by atoms with E-state index in [1.54, 1.807) is 18.3 Å². The molecule has 4 nitrogen and oxygen atoms in total. The highest BCUT2D eigenvalue weighted by Gasteiger charge is 2.02. The molecular formula is C13H14FN3OS.